The van der Waals surface area contributed by atoms with Gasteiger partial charge < -0.3 is 4.74 Å². The van der Waals surface area contributed by atoms with Crippen LogP contribution in [0.15, 0.2) is 60.8 Å². The first-order valence-electron chi connectivity index (χ1n) is 11.7. The summed E-state index contributed by atoms with van der Waals surface area (Å²) in [5, 5.41) is 12.5. The largest absolute Gasteiger partial charge is 0.369 e. The zero-order valence-corrected chi connectivity index (χ0v) is 19.3. The molecule has 1 fully saturated rings. The van der Waals surface area contributed by atoms with Gasteiger partial charge in [0.1, 0.15) is 11.5 Å². The second-order valence-electron chi connectivity index (χ2n) is 8.97. The molecule has 35 heavy (non-hydrogen) atoms. The SMILES string of the molecule is C[C@@H](OCc1ccccc1)c1cc(F)ccc1-n1nc(C(F)F)cc1Cc1cn(CC2CC2)nn1. The van der Waals surface area contributed by atoms with Crippen molar-refractivity contribution in [2.24, 2.45) is 5.92 Å². The molecule has 6 nitrogen and oxygen atoms in total. The fourth-order valence-corrected chi connectivity index (χ4v) is 4.07. The van der Waals surface area contributed by atoms with Crippen molar-refractivity contribution in [1.29, 1.82) is 0 Å². The number of benzene rings is 2. The molecule has 0 radical (unpaired) electrons. The highest BCUT2D eigenvalue weighted by Crippen LogP contribution is 2.31. The van der Waals surface area contributed by atoms with Crippen molar-refractivity contribution < 1.29 is 17.9 Å². The van der Waals surface area contributed by atoms with Gasteiger partial charge in [-0.1, -0.05) is 35.5 Å². The Balaban J connectivity index is 1.44. The average Bonchev–Trinajstić information content (AvgIpc) is 3.39. The molecule has 0 aliphatic heterocycles. The van der Waals surface area contributed by atoms with E-state index in [0.717, 1.165) is 12.1 Å². The molecule has 0 spiro atoms. The van der Waals surface area contributed by atoms with E-state index in [1.807, 2.05) is 43.5 Å². The summed E-state index contributed by atoms with van der Waals surface area (Å²) in [6.45, 7) is 2.95. The molecule has 4 aromatic rings. The molecule has 2 aromatic carbocycles. The van der Waals surface area contributed by atoms with E-state index in [1.54, 1.807) is 10.7 Å². The summed E-state index contributed by atoms with van der Waals surface area (Å²) in [5.74, 6) is 0.199. The Morgan fingerprint density at radius 3 is 2.63 bits per heavy atom. The van der Waals surface area contributed by atoms with Crippen LogP contribution < -0.4 is 0 Å². The van der Waals surface area contributed by atoms with Gasteiger partial charge in [0.25, 0.3) is 6.43 Å². The fraction of sp³-hybridized carbons (Fsp3) is 0.346. The second kappa shape index (κ2) is 10.0. The van der Waals surface area contributed by atoms with Gasteiger partial charge in [0.05, 0.1) is 29.8 Å². The van der Waals surface area contributed by atoms with Gasteiger partial charge in [0, 0.05) is 24.7 Å². The molecular formula is C26H26F3N5O. The Labute approximate surface area is 201 Å². The van der Waals surface area contributed by atoms with Crippen molar-refractivity contribution in [3.63, 3.8) is 0 Å². The van der Waals surface area contributed by atoms with E-state index < -0.39 is 18.3 Å². The maximum absolute atomic E-state index is 14.3. The summed E-state index contributed by atoms with van der Waals surface area (Å²) in [6.07, 6.45) is 1.24. The maximum atomic E-state index is 14.3. The standard InChI is InChI=1S/C26H26F3N5O/c1-17(35-16-19-5-3-2-4-6-19)23-11-20(27)9-10-25(23)34-22(13-24(31-34)26(28)29)12-21-15-33(32-30-21)14-18-7-8-18/h2-6,9-11,13,15,17-18,26H,7-8,12,14,16H2,1H3/t17-/m1/s1. The summed E-state index contributed by atoms with van der Waals surface area (Å²) >= 11 is 0. The first-order valence-corrected chi connectivity index (χ1v) is 11.7. The third-order valence-corrected chi connectivity index (χ3v) is 6.11. The molecule has 0 saturated heterocycles. The number of alkyl halides is 2. The van der Waals surface area contributed by atoms with E-state index >= 15 is 0 Å². The number of hydrogen-bond donors (Lipinski definition) is 0. The summed E-state index contributed by atoms with van der Waals surface area (Å²) in [6, 6.07) is 15.2. The van der Waals surface area contributed by atoms with Crippen LogP contribution in [0.1, 0.15) is 60.5 Å². The van der Waals surface area contributed by atoms with Crippen LogP contribution >= 0.6 is 0 Å². The Morgan fingerprint density at radius 2 is 1.89 bits per heavy atom. The van der Waals surface area contributed by atoms with Crippen LogP contribution in [0.25, 0.3) is 5.69 Å². The molecule has 9 heteroatoms. The van der Waals surface area contributed by atoms with Gasteiger partial charge in [-0.25, -0.2) is 17.9 Å². The fourth-order valence-electron chi connectivity index (χ4n) is 4.07. The highest BCUT2D eigenvalue weighted by Gasteiger charge is 2.24. The molecule has 1 atom stereocenters. The normalized spacial score (nSPS) is 14.5. The predicted molar refractivity (Wildman–Crippen MR) is 124 cm³/mol. The zero-order valence-electron chi connectivity index (χ0n) is 19.3. The van der Waals surface area contributed by atoms with E-state index in [0.29, 0.717) is 35.2 Å². The number of nitrogens with zero attached hydrogens (tertiary/aromatic N) is 5. The third-order valence-electron chi connectivity index (χ3n) is 6.11. The Hall–Kier alpha value is -3.46. The quantitative estimate of drug-likeness (QED) is 0.286. The Bertz CT molecular complexity index is 1280. The number of rotatable bonds is 10. The van der Waals surface area contributed by atoms with Crippen molar-refractivity contribution in [3.05, 3.63) is 94.8 Å². The van der Waals surface area contributed by atoms with Crippen LogP contribution in [0.3, 0.4) is 0 Å². The maximum Gasteiger partial charge on any atom is 0.282 e. The molecule has 0 bridgehead atoms. The van der Waals surface area contributed by atoms with Crippen LogP contribution in [-0.4, -0.2) is 24.8 Å². The van der Waals surface area contributed by atoms with Crippen LogP contribution in [0.5, 0.6) is 0 Å². The van der Waals surface area contributed by atoms with Gasteiger partial charge >= 0.3 is 0 Å². The lowest BCUT2D eigenvalue weighted by molar-refractivity contribution is 0.0522. The predicted octanol–water partition coefficient (Wildman–Crippen LogP) is 5.82. The van der Waals surface area contributed by atoms with Crippen LogP contribution in [0.4, 0.5) is 13.2 Å². The van der Waals surface area contributed by atoms with E-state index in [-0.39, 0.29) is 12.1 Å². The third kappa shape index (κ3) is 5.62. The molecule has 1 aliphatic carbocycles. The summed E-state index contributed by atoms with van der Waals surface area (Å²) in [4.78, 5) is 0. The minimum absolute atomic E-state index is 0.264. The van der Waals surface area contributed by atoms with Gasteiger partial charge in [-0.3, -0.25) is 4.68 Å². The molecule has 1 saturated carbocycles. The monoisotopic (exact) mass is 481 g/mol. The number of halogens is 3. The van der Waals surface area contributed by atoms with Crippen LogP contribution in [-0.2, 0) is 24.3 Å². The van der Waals surface area contributed by atoms with E-state index in [2.05, 4.69) is 15.4 Å². The van der Waals surface area contributed by atoms with E-state index in [1.165, 1.54) is 35.7 Å². The number of ether oxygens (including phenoxy) is 1. The molecule has 2 aromatic heterocycles. The van der Waals surface area contributed by atoms with Crippen LogP contribution in [0, 0.1) is 11.7 Å². The minimum Gasteiger partial charge on any atom is -0.369 e. The molecule has 182 valence electrons. The number of hydrogen-bond acceptors (Lipinski definition) is 4. The van der Waals surface area contributed by atoms with Gasteiger partial charge in [-0.2, -0.15) is 5.10 Å². The van der Waals surface area contributed by atoms with E-state index in [4.69, 9.17) is 4.74 Å². The average molecular weight is 482 g/mol. The highest BCUT2D eigenvalue weighted by molar-refractivity contribution is 5.44. The summed E-state index contributed by atoms with van der Waals surface area (Å²) in [5.41, 5.74) is 2.80. The first kappa shape index (κ1) is 23.3. The smallest absolute Gasteiger partial charge is 0.282 e. The molecule has 5 rings (SSSR count). The zero-order chi connectivity index (χ0) is 24.4. The second-order valence-corrected chi connectivity index (χ2v) is 8.97. The van der Waals surface area contributed by atoms with Gasteiger partial charge in [-0.15, -0.1) is 5.10 Å². The lowest BCUT2D eigenvalue weighted by Gasteiger charge is -2.19. The summed E-state index contributed by atoms with van der Waals surface area (Å²) in [7, 11) is 0. The Kier molecular flexibility index (Phi) is 6.68. The highest BCUT2D eigenvalue weighted by atomic mass is 19.3. The molecule has 0 amide bonds. The van der Waals surface area contributed by atoms with Gasteiger partial charge in [0.2, 0.25) is 0 Å². The van der Waals surface area contributed by atoms with Crippen molar-refractivity contribution >= 4 is 0 Å². The minimum atomic E-state index is -2.74. The Morgan fingerprint density at radius 1 is 1.09 bits per heavy atom. The first-order chi connectivity index (χ1) is 17.0. The molecular weight excluding hydrogens is 455 g/mol. The van der Waals surface area contributed by atoms with Crippen molar-refractivity contribution in [2.45, 2.75) is 51.9 Å². The molecule has 1 aliphatic rings. The van der Waals surface area contributed by atoms with Crippen molar-refractivity contribution in [2.75, 3.05) is 0 Å². The van der Waals surface area contributed by atoms with Crippen molar-refractivity contribution in [3.8, 4) is 5.69 Å². The van der Waals surface area contributed by atoms with Crippen LogP contribution in [0.2, 0.25) is 0 Å². The van der Waals surface area contributed by atoms with Gasteiger partial charge in [0.15, 0.2) is 0 Å². The number of aromatic nitrogens is 5. The van der Waals surface area contributed by atoms with E-state index in [9.17, 15) is 13.2 Å². The topological polar surface area (TPSA) is 57.8 Å². The van der Waals surface area contributed by atoms with Crippen molar-refractivity contribution in [1.82, 2.24) is 24.8 Å². The lowest BCUT2D eigenvalue weighted by Crippen LogP contribution is -2.11. The lowest BCUT2D eigenvalue weighted by atomic mass is 10.1. The molecule has 2 heterocycles. The molecule has 0 N–H and O–H groups in total. The van der Waals surface area contributed by atoms with Gasteiger partial charge in [-0.05, 0) is 55.5 Å². The summed E-state index contributed by atoms with van der Waals surface area (Å²) < 4.78 is 50.7. The molecule has 0 unspecified atom stereocenters.